The van der Waals surface area contributed by atoms with Crippen molar-refractivity contribution >= 4 is 0 Å². The van der Waals surface area contributed by atoms with Crippen LogP contribution in [0.4, 0.5) is 0 Å². The fourth-order valence-electron chi connectivity index (χ4n) is 1.04. The Labute approximate surface area is 90.3 Å². The molecule has 0 fully saturated rings. The van der Waals surface area contributed by atoms with E-state index in [0.29, 0.717) is 11.7 Å². The van der Waals surface area contributed by atoms with Crippen molar-refractivity contribution in [3.05, 3.63) is 24.5 Å². The van der Waals surface area contributed by atoms with Crippen molar-refractivity contribution in [2.24, 2.45) is 5.92 Å². The first-order chi connectivity index (χ1) is 7.18. The summed E-state index contributed by atoms with van der Waals surface area (Å²) in [6, 6.07) is 3.60. The molecule has 0 saturated carbocycles. The van der Waals surface area contributed by atoms with E-state index in [2.05, 4.69) is 24.1 Å². The van der Waals surface area contributed by atoms with E-state index in [1.54, 1.807) is 18.5 Å². The number of ether oxygens (including phenoxy) is 1. The summed E-state index contributed by atoms with van der Waals surface area (Å²) in [6.07, 6.45) is 2.67. The standard InChI is InChI=1S/C11H18N2O2/c1-9(2)6-13-11(14)8-15-10-4-3-5-12-7-10/h3-5,7,9,11,13-14H,6,8H2,1-2H3. The van der Waals surface area contributed by atoms with Gasteiger partial charge >= 0.3 is 0 Å². The van der Waals surface area contributed by atoms with Crippen molar-refractivity contribution in [2.75, 3.05) is 13.2 Å². The number of aliphatic hydroxyl groups is 1. The first kappa shape index (κ1) is 11.9. The van der Waals surface area contributed by atoms with Gasteiger partial charge in [0.15, 0.2) is 0 Å². The second-order valence-electron chi connectivity index (χ2n) is 3.82. The Bertz CT molecular complexity index is 265. The molecule has 0 radical (unpaired) electrons. The first-order valence-electron chi connectivity index (χ1n) is 5.12. The maximum absolute atomic E-state index is 9.50. The third-order valence-corrected chi connectivity index (χ3v) is 1.80. The van der Waals surface area contributed by atoms with Gasteiger partial charge in [0, 0.05) is 6.20 Å². The average molecular weight is 210 g/mol. The Morgan fingerprint density at radius 3 is 2.93 bits per heavy atom. The Kier molecular flexibility index (Phi) is 5.07. The summed E-state index contributed by atoms with van der Waals surface area (Å²) in [5.41, 5.74) is 0. The average Bonchev–Trinajstić information content (AvgIpc) is 2.25. The van der Waals surface area contributed by atoms with Crippen LogP contribution >= 0.6 is 0 Å². The van der Waals surface area contributed by atoms with Crippen molar-refractivity contribution in [3.8, 4) is 5.75 Å². The molecule has 0 amide bonds. The summed E-state index contributed by atoms with van der Waals surface area (Å²) in [4.78, 5) is 3.91. The lowest BCUT2D eigenvalue weighted by Crippen LogP contribution is -2.36. The summed E-state index contributed by atoms with van der Waals surface area (Å²) < 4.78 is 5.33. The summed E-state index contributed by atoms with van der Waals surface area (Å²) in [7, 11) is 0. The Balaban J connectivity index is 2.19. The predicted molar refractivity (Wildman–Crippen MR) is 58.6 cm³/mol. The van der Waals surface area contributed by atoms with Gasteiger partial charge in [-0.3, -0.25) is 10.3 Å². The van der Waals surface area contributed by atoms with Gasteiger partial charge < -0.3 is 9.84 Å². The zero-order chi connectivity index (χ0) is 11.1. The molecule has 0 aliphatic rings. The topological polar surface area (TPSA) is 54.4 Å². The normalized spacial score (nSPS) is 12.8. The molecule has 84 valence electrons. The highest BCUT2D eigenvalue weighted by Crippen LogP contribution is 2.05. The van der Waals surface area contributed by atoms with Gasteiger partial charge in [0.2, 0.25) is 0 Å². The number of aliphatic hydroxyl groups excluding tert-OH is 1. The van der Waals surface area contributed by atoms with E-state index in [1.807, 2.05) is 6.07 Å². The van der Waals surface area contributed by atoms with Crippen LogP contribution in [0.1, 0.15) is 13.8 Å². The Morgan fingerprint density at radius 1 is 1.53 bits per heavy atom. The lowest BCUT2D eigenvalue weighted by molar-refractivity contribution is 0.0762. The number of hydrogen-bond donors (Lipinski definition) is 2. The number of pyridine rings is 1. The molecule has 1 unspecified atom stereocenters. The minimum absolute atomic E-state index is 0.235. The van der Waals surface area contributed by atoms with Crippen LogP contribution in [0.3, 0.4) is 0 Å². The lowest BCUT2D eigenvalue weighted by atomic mass is 10.2. The maximum atomic E-state index is 9.50. The molecule has 0 spiro atoms. The predicted octanol–water partition coefficient (Wildman–Crippen LogP) is 1.02. The third kappa shape index (κ3) is 5.34. The maximum Gasteiger partial charge on any atom is 0.139 e. The zero-order valence-electron chi connectivity index (χ0n) is 9.18. The van der Waals surface area contributed by atoms with Gasteiger partial charge in [-0.15, -0.1) is 0 Å². The summed E-state index contributed by atoms with van der Waals surface area (Å²) in [5, 5.41) is 12.5. The molecule has 1 aromatic rings. The third-order valence-electron chi connectivity index (χ3n) is 1.80. The van der Waals surface area contributed by atoms with Gasteiger partial charge in [0.25, 0.3) is 0 Å². The minimum Gasteiger partial charge on any atom is -0.488 e. The summed E-state index contributed by atoms with van der Waals surface area (Å²) in [5.74, 6) is 1.18. The molecule has 0 aliphatic heterocycles. The molecule has 0 bridgehead atoms. The highest BCUT2D eigenvalue weighted by Gasteiger charge is 2.04. The van der Waals surface area contributed by atoms with Crippen LogP contribution < -0.4 is 10.1 Å². The van der Waals surface area contributed by atoms with Crippen LogP contribution in [0.5, 0.6) is 5.75 Å². The highest BCUT2D eigenvalue weighted by atomic mass is 16.5. The van der Waals surface area contributed by atoms with Gasteiger partial charge in [-0.25, -0.2) is 0 Å². The van der Waals surface area contributed by atoms with E-state index >= 15 is 0 Å². The minimum atomic E-state index is -0.632. The van der Waals surface area contributed by atoms with E-state index in [0.717, 1.165) is 6.54 Å². The fourth-order valence-corrected chi connectivity index (χ4v) is 1.04. The molecule has 4 nitrogen and oxygen atoms in total. The molecule has 1 atom stereocenters. The Morgan fingerprint density at radius 2 is 2.33 bits per heavy atom. The SMILES string of the molecule is CC(C)CNC(O)COc1cccnc1. The monoisotopic (exact) mass is 210 g/mol. The Hall–Kier alpha value is -1.13. The van der Waals surface area contributed by atoms with Crippen molar-refractivity contribution in [3.63, 3.8) is 0 Å². The van der Waals surface area contributed by atoms with E-state index in [9.17, 15) is 5.11 Å². The van der Waals surface area contributed by atoms with Crippen molar-refractivity contribution < 1.29 is 9.84 Å². The van der Waals surface area contributed by atoms with Gasteiger partial charge in [-0.2, -0.15) is 0 Å². The molecule has 1 rings (SSSR count). The van der Waals surface area contributed by atoms with Crippen molar-refractivity contribution in [1.29, 1.82) is 0 Å². The highest BCUT2D eigenvalue weighted by molar-refractivity contribution is 5.15. The van der Waals surface area contributed by atoms with Crippen LogP contribution in [0.2, 0.25) is 0 Å². The number of nitrogens with one attached hydrogen (secondary N) is 1. The second kappa shape index (κ2) is 6.37. The molecule has 0 saturated heterocycles. The number of aromatic nitrogens is 1. The van der Waals surface area contributed by atoms with Crippen LogP contribution in [-0.4, -0.2) is 29.5 Å². The molecule has 0 aromatic carbocycles. The fraction of sp³-hybridized carbons (Fsp3) is 0.545. The molecule has 1 heterocycles. The smallest absolute Gasteiger partial charge is 0.139 e. The van der Waals surface area contributed by atoms with Crippen molar-refractivity contribution in [2.45, 2.75) is 20.1 Å². The largest absolute Gasteiger partial charge is 0.488 e. The van der Waals surface area contributed by atoms with Gasteiger partial charge in [0.05, 0.1) is 6.20 Å². The summed E-state index contributed by atoms with van der Waals surface area (Å²) in [6.45, 7) is 5.18. The zero-order valence-corrected chi connectivity index (χ0v) is 9.18. The number of nitrogens with zero attached hydrogens (tertiary/aromatic N) is 1. The van der Waals surface area contributed by atoms with Crippen LogP contribution in [0.25, 0.3) is 0 Å². The second-order valence-corrected chi connectivity index (χ2v) is 3.82. The van der Waals surface area contributed by atoms with Gasteiger partial charge in [-0.1, -0.05) is 13.8 Å². The lowest BCUT2D eigenvalue weighted by Gasteiger charge is -2.15. The van der Waals surface area contributed by atoms with E-state index in [4.69, 9.17) is 4.74 Å². The van der Waals surface area contributed by atoms with Gasteiger partial charge in [-0.05, 0) is 24.6 Å². The summed E-state index contributed by atoms with van der Waals surface area (Å²) >= 11 is 0. The van der Waals surface area contributed by atoms with E-state index < -0.39 is 6.23 Å². The van der Waals surface area contributed by atoms with E-state index in [1.165, 1.54) is 0 Å². The first-order valence-corrected chi connectivity index (χ1v) is 5.12. The quantitative estimate of drug-likeness (QED) is 0.688. The van der Waals surface area contributed by atoms with Crippen LogP contribution in [0, 0.1) is 5.92 Å². The molecular formula is C11H18N2O2. The molecule has 0 aliphatic carbocycles. The number of hydrogen-bond acceptors (Lipinski definition) is 4. The molecule has 4 heteroatoms. The van der Waals surface area contributed by atoms with Crippen LogP contribution in [0.15, 0.2) is 24.5 Å². The molecule has 2 N–H and O–H groups in total. The van der Waals surface area contributed by atoms with Crippen LogP contribution in [-0.2, 0) is 0 Å². The van der Waals surface area contributed by atoms with E-state index in [-0.39, 0.29) is 6.61 Å². The van der Waals surface area contributed by atoms with Gasteiger partial charge in [0.1, 0.15) is 18.6 Å². The number of rotatable bonds is 6. The molecule has 1 aromatic heterocycles. The van der Waals surface area contributed by atoms with Crippen molar-refractivity contribution in [1.82, 2.24) is 10.3 Å². The molecular weight excluding hydrogens is 192 g/mol. The molecule has 15 heavy (non-hydrogen) atoms.